The van der Waals surface area contributed by atoms with Gasteiger partial charge in [-0.3, -0.25) is 19.6 Å². The number of anilines is 1. The standard InChI is InChI=1S/C12H10BrClN4O3/c1-6-10(13)11(16-17(6)2)12(19)15-9-4-3-7(18(20)21)5-8(9)14/h3-5H,1-2H3,(H,15,19). The summed E-state index contributed by atoms with van der Waals surface area (Å²) in [5, 5.41) is 17.4. The van der Waals surface area contributed by atoms with Gasteiger partial charge in [0.05, 0.1) is 25.8 Å². The third-order valence-electron chi connectivity index (χ3n) is 2.89. The zero-order valence-corrected chi connectivity index (χ0v) is 13.4. The molecule has 1 heterocycles. The molecule has 21 heavy (non-hydrogen) atoms. The number of aryl methyl sites for hydroxylation is 1. The number of carbonyl (C=O) groups excluding carboxylic acids is 1. The van der Waals surface area contributed by atoms with Gasteiger partial charge in [-0.15, -0.1) is 0 Å². The molecule has 1 N–H and O–H groups in total. The van der Waals surface area contributed by atoms with Gasteiger partial charge in [-0.25, -0.2) is 0 Å². The van der Waals surface area contributed by atoms with E-state index in [0.717, 1.165) is 5.69 Å². The second-order valence-electron chi connectivity index (χ2n) is 4.25. The van der Waals surface area contributed by atoms with Gasteiger partial charge in [0, 0.05) is 19.2 Å². The lowest BCUT2D eigenvalue weighted by atomic mass is 10.2. The number of non-ortho nitro benzene ring substituents is 1. The highest BCUT2D eigenvalue weighted by Gasteiger charge is 2.19. The summed E-state index contributed by atoms with van der Waals surface area (Å²) in [6, 6.07) is 3.82. The van der Waals surface area contributed by atoms with Crippen molar-refractivity contribution in [2.24, 2.45) is 7.05 Å². The van der Waals surface area contributed by atoms with E-state index in [1.54, 1.807) is 11.7 Å². The van der Waals surface area contributed by atoms with E-state index in [1.165, 1.54) is 18.2 Å². The zero-order chi connectivity index (χ0) is 15.7. The number of rotatable bonds is 3. The van der Waals surface area contributed by atoms with Crippen LogP contribution in [0.1, 0.15) is 16.2 Å². The lowest BCUT2D eigenvalue weighted by molar-refractivity contribution is -0.384. The van der Waals surface area contributed by atoms with Crippen LogP contribution in [0, 0.1) is 17.0 Å². The van der Waals surface area contributed by atoms with E-state index in [1.807, 2.05) is 6.92 Å². The molecule has 1 amide bonds. The molecule has 0 bridgehead atoms. The molecule has 7 nitrogen and oxygen atoms in total. The van der Waals surface area contributed by atoms with Crippen LogP contribution in [-0.4, -0.2) is 20.6 Å². The molecule has 0 aliphatic carbocycles. The first-order valence-corrected chi connectivity index (χ1v) is 6.92. The predicted molar refractivity (Wildman–Crippen MR) is 81.7 cm³/mol. The first kappa shape index (κ1) is 15.5. The largest absolute Gasteiger partial charge is 0.319 e. The first-order valence-electron chi connectivity index (χ1n) is 5.75. The lowest BCUT2D eigenvalue weighted by Crippen LogP contribution is -2.14. The third kappa shape index (κ3) is 3.06. The maximum absolute atomic E-state index is 12.2. The highest BCUT2D eigenvalue weighted by atomic mass is 79.9. The molecule has 2 rings (SSSR count). The number of nitro groups is 1. The quantitative estimate of drug-likeness (QED) is 0.660. The Hall–Kier alpha value is -1.93. The molecule has 0 radical (unpaired) electrons. The molecule has 0 saturated carbocycles. The van der Waals surface area contributed by atoms with Crippen molar-refractivity contribution in [1.82, 2.24) is 9.78 Å². The fourth-order valence-corrected chi connectivity index (χ4v) is 2.37. The van der Waals surface area contributed by atoms with Crippen molar-refractivity contribution in [1.29, 1.82) is 0 Å². The maximum atomic E-state index is 12.2. The van der Waals surface area contributed by atoms with Crippen molar-refractivity contribution < 1.29 is 9.72 Å². The first-order chi connectivity index (χ1) is 9.81. The van der Waals surface area contributed by atoms with Crippen molar-refractivity contribution in [3.8, 4) is 0 Å². The van der Waals surface area contributed by atoms with Gasteiger partial charge in [-0.2, -0.15) is 5.10 Å². The van der Waals surface area contributed by atoms with Crippen LogP contribution in [-0.2, 0) is 7.05 Å². The minimum Gasteiger partial charge on any atom is -0.319 e. The van der Waals surface area contributed by atoms with Crippen LogP contribution >= 0.6 is 27.5 Å². The zero-order valence-electron chi connectivity index (χ0n) is 11.1. The Kier molecular flexibility index (Phi) is 4.29. The number of halogens is 2. The van der Waals surface area contributed by atoms with Crippen LogP contribution in [0.25, 0.3) is 0 Å². The molecule has 0 saturated heterocycles. The SMILES string of the molecule is Cc1c(Br)c(C(=O)Nc2ccc([N+](=O)[O-])cc2Cl)nn1C. The molecule has 0 spiro atoms. The number of carbonyl (C=O) groups is 1. The minimum atomic E-state index is -0.559. The van der Waals surface area contributed by atoms with Crippen LogP contribution in [0.3, 0.4) is 0 Å². The third-order valence-corrected chi connectivity index (χ3v) is 4.15. The molecular weight excluding hydrogens is 364 g/mol. The summed E-state index contributed by atoms with van der Waals surface area (Å²) in [5.74, 6) is -0.457. The molecule has 0 aliphatic rings. The van der Waals surface area contributed by atoms with Gasteiger partial charge in [0.15, 0.2) is 5.69 Å². The van der Waals surface area contributed by atoms with E-state index in [-0.39, 0.29) is 22.1 Å². The average molecular weight is 374 g/mol. The summed E-state index contributed by atoms with van der Waals surface area (Å²) >= 11 is 9.22. The Balaban J connectivity index is 2.27. The van der Waals surface area contributed by atoms with Crippen molar-refractivity contribution in [3.05, 3.63) is 49.2 Å². The second-order valence-corrected chi connectivity index (χ2v) is 5.45. The van der Waals surface area contributed by atoms with E-state index in [2.05, 4.69) is 26.3 Å². The van der Waals surface area contributed by atoms with E-state index >= 15 is 0 Å². The summed E-state index contributed by atoms with van der Waals surface area (Å²) in [7, 11) is 1.72. The summed E-state index contributed by atoms with van der Waals surface area (Å²) in [6.07, 6.45) is 0. The molecule has 9 heteroatoms. The van der Waals surface area contributed by atoms with Crippen LogP contribution in [0.15, 0.2) is 22.7 Å². The van der Waals surface area contributed by atoms with Crippen LogP contribution < -0.4 is 5.32 Å². The fraction of sp³-hybridized carbons (Fsp3) is 0.167. The number of benzene rings is 1. The average Bonchev–Trinajstić information content (AvgIpc) is 2.68. The van der Waals surface area contributed by atoms with Gasteiger partial charge in [0.1, 0.15) is 0 Å². The molecule has 0 aliphatic heterocycles. The molecule has 0 fully saturated rings. The van der Waals surface area contributed by atoms with Crippen molar-refractivity contribution in [2.75, 3.05) is 5.32 Å². The number of hydrogen-bond donors (Lipinski definition) is 1. The topological polar surface area (TPSA) is 90.1 Å². The Morgan fingerprint density at radius 2 is 2.19 bits per heavy atom. The Labute approximate surface area is 133 Å². The summed E-state index contributed by atoms with van der Waals surface area (Å²) in [5.41, 5.74) is 1.15. The Bertz CT molecular complexity index is 744. The smallest absolute Gasteiger partial charge is 0.277 e. The summed E-state index contributed by atoms with van der Waals surface area (Å²) in [6.45, 7) is 1.81. The highest BCUT2D eigenvalue weighted by Crippen LogP contribution is 2.28. The van der Waals surface area contributed by atoms with E-state index < -0.39 is 10.8 Å². The molecule has 1 aromatic carbocycles. The highest BCUT2D eigenvalue weighted by molar-refractivity contribution is 9.10. The molecule has 110 valence electrons. The van der Waals surface area contributed by atoms with Gasteiger partial charge in [-0.1, -0.05) is 11.6 Å². The number of aromatic nitrogens is 2. The number of hydrogen-bond acceptors (Lipinski definition) is 4. The number of nitrogens with one attached hydrogen (secondary N) is 1. The molecular formula is C12H10BrClN4O3. The van der Waals surface area contributed by atoms with Crippen LogP contribution in [0.5, 0.6) is 0 Å². The van der Waals surface area contributed by atoms with Crippen LogP contribution in [0.2, 0.25) is 5.02 Å². The van der Waals surface area contributed by atoms with Crippen LogP contribution in [0.4, 0.5) is 11.4 Å². The maximum Gasteiger partial charge on any atom is 0.277 e. The Morgan fingerprint density at radius 3 is 2.67 bits per heavy atom. The second kappa shape index (κ2) is 5.82. The van der Waals surface area contributed by atoms with E-state index in [9.17, 15) is 14.9 Å². The van der Waals surface area contributed by atoms with Gasteiger partial charge in [-0.05, 0) is 28.9 Å². The monoisotopic (exact) mass is 372 g/mol. The van der Waals surface area contributed by atoms with E-state index in [4.69, 9.17) is 11.6 Å². The van der Waals surface area contributed by atoms with Crippen molar-refractivity contribution in [2.45, 2.75) is 6.92 Å². The fourth-order valence-electron chi connectivity index (χ4n) is 1.63. The van der Waals surface area contributed by atoms with Gasteiger partial charge >= 0.3 is 0 Å². The molecule has 1 aromatic heterocycles. The Morgan fingerprint density at radius 1 is 1.52 bits per heavy atom. The van der Waals surface area contributed by atoms with Crippen molar-refractivity contribution in [3.63, 3.8) is 0 Å². The van der Waals surface area contributed by atoms with Gasteiger partial charge in [0.25, 0.3) is 11.6 Å². The lowest BCUT2D eigenvalue weighted by Gasteiger charge is -2.05. The number of nitrogens with zero attached hydrogens (tertiary/aromatic N) is 3. The summed E-state index contributed by atoms with van der Waals surface area (Å²) in [4.78, 5) is 22.2. The normalized spacial score (nSPS) is 10.5. The number of amides is 1. The number of nitro benzene ring substituents is 1. The molecule has 2 aromatic rings. The predicted octanol–water partition coefficient (Wildman–Crippen LogP) is 3.30. The van der Waals surface area contributed by atoms with Gasteiger partial charge < -0.3 is 5.32 Å². The summed E-state index contributed by atoms with van der Waals surface area (Å²) < 4.78 is 2.15. The molecule has 0 atom stereocenters. The minimum absolute atomic E-state index is 0.0846. The molecule has 0 unspecified atom stereocenters. The van der Waals surface area contributed by atoms with Crippen molar-refractivity contribution >= 4 is 44.8 Å². The van der Waals surface area contributed by atoms with E-state index in [0.29, 0.717) is 4.47 Å². The van der Waals surface area contributed by atoms with Gasteiger partial charge in [0.2, 0.25) is 0 Å².